The second kappa shape index (κ2) is 7.83. The zero-order chi connectivity index (χ0) is 21.2. The predicted octanol–water partition coefficient (Wildman–Crippen LogP) is 3.66. The summed E-state index contributed by atoms with van der Waals surface area (Å²) < 4.78 is 1.75. The third-order valence-corrected chi connectivity index (χ3v) is 5.06. The van der Waals surface area contributed by atoms with E-state index in [0.29, 0.717) is 28.9 Å². The topological polar surface area (TPSA) is 97.6 Å². The smallest absolute Gasteiger partial charge is 0.257 e. The van der Waals surface area contributed by atoms with E-state index in [4.69, 9.17) is 5.10 Å². The summed E-state index contributed by atoms with van der Waals surface area (Å²) in [5, 5.41) is 10.9. The first-order valence-corrected chi connectivity index (χ1v) is 9.83. The number of carbonyl (C=O) groups excluding carboxylic acids is 1. The van der Waals surface area contributed by atoms with Crippen LogP contribution in [0.1, 0.15) is 18.5 Å². The van der Waals surface area contributed by atoms with Crippen molar-refractivity contribution in [3.63, 3.8) is 0 Å². The fourth-order valence-corrected chi connectivity index (χ4v) is 3.63. The van der Waals surface area contributed by atoms with Gasteiger partial charge in [0.15, 0.2) is 5.82 Å². The van der Waals surface area contributed by atoms with E-state index in [1.807, 2.05) is 55.5 Å². The molecule has 152 valence electrons. The van der Waals surface area contributed by atoms with E-state index < -0.39 is 6.04 Å². The second-order valence-corrected chi connectivity index (χ2v) is 7.09. The third kappa shape index (κ3) is 3.55. The lowest BCUT2D eigenvalue weighted by Gasteiger charge is -2.28. The lowest BCUT2D eigenvalue weighted by Crippen LogP contribution is -2.31. The van der Waals surface area contributed by atoms with E-state index in [1.165, 1.54) is 0 Å². The van der Waals surface area contributed by atoms with E-state index in [9.17, 15) is 4.79 Å². The largest absolute Gasteiger partial charge is 0.328 e. The van der Waals surface area contributed by atoms with Gasteiger partial charge in [0.25, 0.3) is 5.91 Å². The Morgan fingerprint density at radius 2 is 1.77 bits per heavy atom. The maximum atomic E-state index is 13.3. The summed E-state index contributed by atoms with van der Waals surface area (Å²) in [6, 6.07) is 18.4. The van der Waals surface area contributed by atoms with E-state index in [2.05, 4.69) is 25.6 Å². The van der Waals surface area contributed by atoms with Crippen LogP contribution in [0, 0.1) is 0 Å². The lowest BCUT2D eigenvalue weighted by molar-refractivity contribution is -0.113. The molecule has 0 aliphatic carbocycles. The summed E-state index contributed by atoms with van der Waals surface area (Å²) in [6.07, 6.45) is 5.04. The molecule has 1 aliphatic heterocycles. The molecular weight excluding hydrogens is 390 g/mol. The zero-order valence-corrected chi connectivity index (χ0v) is 16.7. The normalized spacial score (nSPS) is 15.2. The Morgan fingerprint density at radius 1 is 1.00 bits per heavy atom. The van der Waals surface area contributed by atoms with Crippen LogP contribution in [-0.2, 0) is 4.79 Å². The van der Waals surface area contributed by atoms with Gasteiger partial charge in [-0.25, -0.2) is 9.67 Å². The summed E-state index contributed by atoms with van der Waals surface area (Å²) in [6.45, 7) is 1.86. The minimum atomic E-state index is -0.465. The van der Waals surface area contributed by atoms with Gasteiger partial charge in [0, 0.05) is 29.9 Å². The molecule has 1 unspecified atom stereocenters. The van der Waals surface area contributed by atoms with Gasteiger partial charge in [0.2, 0.25) is 5.95 Å². The van der Waals surface area contributed by atoms with Crippen molar-refractivity contribution < 1.29 is 4.79 Å². The van der Waals surface area contributed by atoms with Crippen molar-refractivity contribution in [2.75, 3.05) is 10.6 Å². The maximum Gasteiger partial charge on any atom is 0.257 e. The molecule has 1 amide bonds. The number of anilines is 2. The maximum absolute atomic E-state index is 13.3. The quantitative estimate of drug-likeness (QED) is 0.534. The Balaban J connectivity index is 1.60. The average molecular weight is 409 g/mol. The number of carbonyl (C=O) groups is 1. The molecule has 0 radical (unpaired) electrons. The molecule has 0 saturated carbocycles. The molecule has 0 fully saturated rings. The summed E-state index contributed by atoms with van der Waals surface area (Å²) in [4.78, 5) is 26.3. The Kier molecular flexibility index (Phi) is 4.72. The second-order valence-electron chi connectivity index (χ2n) is 7.09. The molecular formula is C23H19N7O. The van der Waals surface area contributed by atoms with E-state index in [1.54, 1.807) is 35.4 Å². The molecule has 0 bridgehead atoms. The van der Waals surface area contributed by atoms with Gasteiger partial charge in [0.05, 0.1) is 5.57 Å². The van der Waals surface area contributed by atoms with Crippen molar-refractivity contribution in [2.45, 2.75) is 13.0 Å². The number of nitrogens with one attached hydrogen (secondary N) is 2. The Bertz CT molecular complexity index is 1250. The van der Waals surface area contributed by atoms with Crippen LogP contribution in [0.15, 0.2) is 90.5 Å². The monoisotopic (exact) mass is 409 g/mol. The number of allylic oxidation sites excluding steroid dienone is 1. The highest BCUT2D eigenvalue weighted by molar-refractivity contribution is 6.05. The molecule has 5 rings (SSSR count). The minimum absolute atomic E-state index is 0.257. The van der Waals surface area contributed by atoms with Crippen molar-refractivity contribution in [2.24, 2.45) is 0 Å². The first-order valence-electron chi connectivity index (χ1n) is 9.83. The van der Waals surface area contributed by atoms with Crippen LogP contribution in [0.2, 0.25) is 0 Å². The number of hydrogen-bond donors (Lipinski definition) is 2. The Hall–Kier alpha value is -4.33. The van der Waals surface area contributed by atoms with Crippen molar-refractivity contribution in [3.05, 3.63) is 96.1 Å². The Morgan fingerprint density at radius 3 is 2.52 bits per heavy atom. The summed E-state index contributed by atoms with van der Waals surface area (Å²) in [5.74, 6) is 1.39. The van der Waals surface area contributed by atoms with Gasteiger partial charge in [-0.3, -0.25) is 9.78 Å². The molecule has 0 saturated heterocycles. The molecule has 1 aromatic carbocycles. The Labute approximate surface area is 178 Å². The van der Waals surface area contributed by atoms with Crippen molar-refractivity contribution in [3.8, 4) is 11.4 Å². The van der Waals surface area contributed by atoms with Crippen molar-refractivity contribution >= 4 is 17.7 Å². The SMILES string of the molecule is CC1=C(C(=O)Nc2ccccn2)C(c2ccncc2)n2nc(-c3ccccc3)nc2N1. The zero-order valence-electron chi connectivity index (χ0n) is 16.7. The fourth-order valence-electron chi connectivity index (χ4n) is 3.63. The molecule has 8 nitrogen and oxygen atoms in total. The van der Waals surface area contributed by atoms with Crippen LogP contribution in [0.3, 0.4) is 0 Å². The van der Waals surface area contributed by atoms with E-state index in [0.717, 1.165) is 11.1 Å². The fraction of sp³-hybridized carbons (Fsp3) is 0.0870. The first-order chi connectivity index (χ1) is 15.2. The van der Waals surface area contributed by atoms with Crippen molar-refractivity contribution in [1.29, 1.82) is 0 Å². The van der Waals surface area contributed by atoms with Crippen LogP contribution in [0.5, 0.6) is 0 Å². The van der Waals surface area contributed by atoms with Crippen molar-refractivity contribution in [1.82, 2.24) is 24.7 Å². The minimum Gasteiger partial charge on any atom is -0.328 e. The highest BCUT2D eigenvalue weighted by Gasteiger charge is 2.34. The number of rotatable bonds is 4. The molecule has 1 atom stereocenters. The standard InChI is InChI=1S/C23H19N7O/c1-15-19(22(31)27-18-9-5-6-12-25-18)20(16-10-13-24-14-11-16)30-23(26-15)28-21(29-30)17-7-3-2-4-8-17/h2-14,20H,1H3,(H,25,27,31)(H,26,28,29). The highest BCUT2D eigenvalue weighted by Crippen LogP contribution is 2.36. The number of nitrogens with zero attached hydrogens (tertiary/aromatic N) is 5. The van der Waals surface area contributed by atoms with Crippen LogP contribution in [0.4, 0.5) is 11.8 Å². The number of amides is 1. The number of aromatic nitrogens is 5. The average Bonchev–Trinajstić information content (AvgIpc) is 3.23. The highest BCUT2D eigenvalue weighted by atomic mass is 16.1. The molecule has 2 N–H and O–H groups in total. The van der Waals surface area contributed by atoms with Gasteiger partial charge in [-0.15, -0.1) is 5.10 Å². The number of benzene rings is 1. The molecule has 1 aliphatic rings. The molecule has 0 spiro atoms. The van der Waals surface area contributed by atoms with Gasteiger partial charge in [-0.1, -0.05) is 36.4 Å². The summed E-state index contributed by atoms with van der Waals surface area (Å²) >= 11 is 0. The third-order valence-electron chi connectivity index (χ3n) is 5.06. The van der Waals surface area contributed by atoms with Gasteiger partial charge >= 0.3 is 0 Å². The molecule has 31 heavy (non-hydrogen) atoms. The lowest BCUT2D eigenvalue weighted by atomic mass is 9.96. The van der Waals surface area contributed by atoms with Gasteiger partial charge in [-0.05, 0) is 36.8 Å². The predicted molar refractivity (Wildman–Crippen MR) is 117 cm³/mol. The van der Waals surface area contributed by atoms with E-state index >= 15 is 0 Å². The van der Waals surface area contributed by atoms with Crippen LogP contribution >= 0.6 is 0 Å². The number of fused-ring (bicyclic) bond motifs is 1. The molecule has 8 heteroatoms. The van der Waals surface area contributed by atoms with Crippen LogP contribution in [-0.4, -0.2) is 30.6 Å². The molecule has 3 aromatic heterocycles. The van der Waals surface area contributed by atoms with Gasteiger partial charge < -0.3 is 10.6 Å². The summed E-state index contributed by atoms with van der Waals surface area (Å²) in [5.41, 5.74) is 3.02. The van der Waals surface area contributed by atoms with Gasteiger partial charge in [0.1, 0.15) is 11.9 Å². The first kappa shape index (κ1) is 18.7. The van der Waals surface area contributed by atoms with Crippen LogP contribution < -0.4 is 10.6 Å². The van der Waals surface area contributed by atoms with E-state index in [-0.39, 0.29) is 5.91 Å². The van der Waals surface area contributed by atoms with Crippen LogP contribution in [0.25, 0.3) is 11.4 Å². The number of hydrogen-bond acceptors (Lipinski definition) is 6. The number of pyridine rings is 2. The molecule has 4 aromatic rings. The molecule has 4 heterocycles. The van der Waals surface area contributed by atoms with Gasteiger partial charge in [-0.2, -0.15) is 4.98 Å². The summed E-state index contributed by atoms with van der Waals surface area (Å²) in [7, 11) is 0.